The summed E-state index contributed by atoms with van der Waals surface area (Å²) < 4.78 is 0.991. The fourth-order valence-corrected chi connectivity index (χ4v) is 1.41. The van der Waals surface area contributed by atoms with Crippen LogP contribution >= 0.6 is 15.9 Å². The van der Waals surface area contributed by atoms with Gasteiger partial charge in [-0.2, -0.15) is 5.21 Å². The van der Waals surface area contributed by atoms with E-state index in [-0.39, 0.29) is 5.82 Å². The number of carbonyl (C=O) groups is 1. The summed E-state index contributed by atoms with van der Waals surface area (Å²) in [6.45, 7) is 1.94. The molecule has 0 atom stereocenters. The van der Waals surface area contributed by atoms with E-state index in [9.17, 15) is 4.79 Å². The van der Waals surface area contributed by atoms with Crippen molar-refractivity contribution in [1.82, 2.24) is 20.6 Å². The van der Waals surface area contributed by atoms with Crippen molar-refractivity contribution in [3.05, 3.63) is 34.1 Å². The number of hydrogen-bond donors (Lipinski definition) is 2. The van der Waals surface area contributed by atoms with Crippen LogP contribution in [0.1, 0.15) is 16.2 Å². The maximum Gasteiger partial charge on any atom is 0.297 e. The number of hydrogen-bond acceptors (Lipinski definition) is 4. The molecule has 2 rings (SSSR count). The fraction of sp³-hybridized carbons (Fsp3) is 0.111. The minimum Gasteiger partial charge on any atom is -0.319 e. The first-order valence-corrected chi connectivity index (χ1v) is 5.27. The van der Waals surface area contributed by atoms with E-state index in [2.05, 4.69) is 41.9 Å². The number of benzene rings is 1. The Morgan fingerprint density at radius 3 is 2.94 bits per heavy atom. The van der Waals surface area contributed by atoms with Crippen LogP contribution in [0.25, 0.3) is 0 Å². The highest BCUT2D eigenvalue weighted by Crippen LogP contribution is 2.20. The number of carbonyl (C=O) groups excluding carboxylic acids is 1. The second-order valence-electron chi connectivity index (χ2n) is 3.15. The van der Waals surface area contributed by atoms with Gasteiger partial charge in [0.15, 0.2) is 0 Å². The van der Waals surface area contributed by atoms with Gasteiger partial charge in [-0.25, -0.2) is 0 Å². The van der Waals surface area contributed by atoms with Gasteiger partial charge in [0.1, 0.15) is 0 Å². The molecule has 0 aliphatic carbocycles. The Balaban J connectivity index is 2.15. The van der Waals surface area contributed by atoms with E-state index in [0.717, 1.165) is 10.0 Å². The molecule has 0 aliphatic rings. The van der Waals surface area contributed by atoms with E-state index in [1.807, 2.05) is 19.1 Å². The quantitative estimate of drug-likeness (QED) is 0.874. The topological polar surface area (TPSA) is 83.6 Å². The molecule has 0 aliphatic heterocycles. The molecule has 0 radical (unpaired) electrons. The number of tetrazole rings is 1. The Morgan fingerprint density at radius 1 is 1.50 bits per heavy atom. The maximum atomic E-state index is 11.6. The molecule has 2 aromatic rings. The van der Waals surface area contributed by atoms with E-state index in [1.54, 1.807) is 6.07 Å². The summed E-state index contributed by atoms with van der Waals surface area (Å²) in [6, 6.07) is 5.50. The van der Waals surface area contributed by atoms with Crippen LogP contribution in [0, 0.1) is 6.92 Å². The molecule has 1 aromatic heterocycles. The molecule has 0 bridgehead atoms. The summed E-state index contributed by atoms with van der Waals surface area (Å²) in [7, 11) is 0. The van der Waals surface area contributed by atoms with Crippen LogP contribution in [-0.4, -0.2) is 26.5 Å². The number of nitrogens with one attached hydrogen (secondary N) is 2. The molecule has 0 saturated heterocycles. The lowest BCUT2D eigenvalue weighted by Gasteiger charge is -2.04. The standard InChI is InChI=1S/C9H8BrN5O/c1-5-4-6(2-3-7(5)10)11-9(16)8-12-14-15-13-8/h2-4H,1H3,(H,11,16)(H,12,13,14,15). The van der Waals surface area contributed by atoms with Crippen molar-refractivity contribution in [2.24, 2.45) is 0 Å². The third-order valence-corrected chi connectivity index (χ3v) is 2.85. The molecular formula is C9H8BrN5O. The summed E-state index contributed by atoms with van der Waals surface area (Å²) in [5, 5.41) is 15.4. The maximum absolute atomic E-state index is 11.6. The molecule has 1 heterocycles. The van der Waals surface area contributed by atoms with Crippen molar-refractivity contribution in [2.45, 2.75) is 6.92 Å². The summed E-state index contributed by atoms with van der Waals surface area (Å²) in [5.41, 5.74) is 1.72. The molecule has 16 heavy (non-hydrogen) atoms. The molecule has 0 fully saturated rings. The Hall–Kier alpha value is -1.76. The summed E-state index contributed by atoms with van der Waals surface area (Å²) in [5.74, 6) is -0.379. The minimum atomic E-state index is -0.393. The second kappa shape index (κ2) is 4.40. The van der Waals surface area contributed by atoms with Gasteiger partial charge in [0.2, 0.25) is 0 Å². The predicted molar refractivity (Wildman–Crippen MR) is 61.0 cm³/mol. The van der Waals surface area contributed by atoms with Gasteiger partial charge in [0, 0.05) is 10.2 Å². The first-order valence-electron chi connectivity index (χ1n) is 4.48. The van der Waals surface area contributed by atoms with Gasteiger partial charge in [-0.3, -0.25) is 4.79 Å². The number of rotatable bonds is 2. The average Bonchev–Trinajstić information content (AvgIpc) is 2.77. The Labute approximate surface area is 99.6 Å². The third-order valence-electron chi connectivity index (χ3n) is 1.96. The normalized spacial score (nSPS) is 10.1. The van der Waals surface area contributed by atoms with Crippen molar-refractivity contribution < 1.29 is 4.79 Å². The van der Waals surface area contributed by atoms with Crippen LogP contribution in [0.5, 0.6) is 0 Å². The molecule has 82 valence electrons. The van der Waals surface area contributed by atoms with Crippen molar-refractivity contribution in [3.63, 3.8) is 0 Å². The number of halogens is 1. The molecule has 0 spiro atoms. The van der Waals surface area contributed by atoms with E-state index in [0.29, 0.717) is 5.69 Å². The Morgan fingerprint density at radius 2 is 2.31 bits per heavy atom. The number of H-pyrrole nitrogens is 1. The highest BCUT2D eigenvalue weighted by atomic mass is 79.9. The molecule has 0 saturated carbocycles. The zero-order valence-electron chi connectivity index (χ0n) is 8.36. The number of aromatic amines is 1. The van der Waals surface area contributed by atoms with Crippen molar-refractivity contribution in [2.75, 3.05) is 5.32 Å². The highest BCUT2D eigenvalue weighted by molar-refractivity contribution is 9.10. The molecular weight excluding hydrogens is 274 g/mol. The Bertz CT molecular complexity index is 511. The second-order valence-corrected chi connectivity index (χ2v) is 4.01. The smallest absolute Gasteiger partial charge is 0.297 e. The zero-order valence-corrected chi connectivity index (χ0v) is 9.95. The molecule has 0 unspecified atom stereocenters. The number of aromatic nitrogens is 4. The lowest BCUT2D eigenvalue weighted by molar-refractivity contribution is 0.101. The number of nitrogens with zero attached hydrogens (tertiary/aromatic N) is 3. The minimum absolute atomic E-state index is 0.0144. The van der Waals surface area contributed by atoms with E-state index in [1.165, 1.54) is 0 Å². The van der Waals surface area contributed by atoms with Crippen LogP contribution in [-0.2, 0) is 0 Å². The molecule has 1 amide bonds. The van der Waals surface area contributed by atoms with Crippen molar-refractivity contribution >= 4 is 27.5 Å². The van der Waals surface area contributed by atoms with Crippen LogP contribution in [0.4, 0.5) is 5.69 Å². The van der Waals surface area contributed by atoms with Gasteiger partial charge in [-0.1, -0.05) is 15.9 Å². The van der Waals surface area contributed by atoms with Crippen molar-refractivity contribution in [1.29, 1.82) is 0 Å². The predicted octanol–water partition coefficient (Wildman–Crippen LogP) is 1.52. The van der Waals surface area contributed by atoms with E-state index in [4.69, 9.17) is 0 Å². The van der Waals surface area contributed by atoms with Gasteiger partial charge >= 0.3 is 0 Å². The SMILES string of the molecule is Cc1cc(NC(=O)c2nn[nH]n2)ccc1Br. The van der Waals surface area contributed by atoms with Gasteiger partial charge in [-0.15, -0.1) is 10.2 Å². The zero-order chi connectivity index (χ0) is 11.5. The van der Waals surface area contributed by atoms with Crippen LogP contribution in [0.2, 0.25) is 0 Å². The number of anilines is 1. The van der Waals surface area contributed by atoms with Gasteiger partial charge in [0.25, 0.3) is 11.7 Å². The largest absolute Gasteiger partial charge is 0.319 e. The van der Waals surface area contributed by atoms with Crippen LogP contribution < -0.4 is 5.32 Å². The van der Waals surface area contributed by atoms with Gasteiger partial charge in [-0.05, 0) is 35.9 Å². The number of aryl methyl sites for hydroxylation is 1. The van der Waals surface area contributed by atoms with Gasteiger partial charge in [0.05, 0.1) is 0 Å². The summed E-state index contributed by atoms with van der Waals surface area (Å²) in [4.78, 5) is 11.6. The van der Waals surface area contributed by atoms with Crippen LogP contribution in [0.15, 0.2) is 22.7 Å². The van der Waals surface area contributed by atoms with Gasteiger partial charge < -0.3 is 5.32 Å². The molecule has 6 nitrogen and oxygen atoms in total. The summed E-state index contributed by atoms with van der Waals surface area (Å²) >= 11 is 3.38. The van der Waals surface area contributed by atoms with Crippen LogP contribution in [0.3, 0.4) is 0 Å². The van der Waals surface area contributed by atoms with E-state index < -0.39 is 5.91 Å². The average molecular weight is 282 g/mol. The summed E-state index contributed by atoms with van der Waals surface area (Å²) in [6.07, 6.45) is 0. The Kier molecular flexibility index (Phi) is 2.95. The van der Waals surface area contributed by atoms with E-state index >= 15 is 0 Å². The monoisotopic (exact) mass is 281 g/mol. The first kappa shape index (κ1) is 10.7. The fourth-order valence-electron chi connectivity index (χ4n) is 1.17. The van der Waals surface area contributed by atoms with Crippen molar-refractivity contribution in [3.8, 4) is 0 Å². The number of amides is 1. The highest BCUT2D eigenvalue weighted by Gasteiger charge is 2.10. The molecule has 2 N–H and O–H groups in total. The lowest BCUT2D eigenvalue weighted by Crippen LogP contribution is -2.13. The lowest BCUT2D eigenvalue weighted by atomic mass is 10.2. The third kappa shape index (κ3) is 2.25. The molecule has 7 heteroatoms. The first-order chi connectivity index (χ1) is 7.66. The molecule has 1 aromatic carbocycles.